The number of nitrogens with one attached hydrogen (secondary N) is 1. The summed E-state index contributed by atoms with van der Waals surface area (Å²) in [6.45, 7) is 1.35. The van der Waals surface area contributed by atoms with Crippen molar-refractivity contribution in [3.05, 3.63) is 89.2 Å². The topological polar surface area (TPSA) is 105 Å². The van der Waals surface area contributed by atoms with Crippen LogP contribution in [0.2, 0.25) is 0 Å². The number of methoxy groups -OCH3 is 2. The van der Waals surface area contributed by atoms with Gasteiger partial charge in [0.05, 0.1) is 31.4 Å². The summed E-state index contributed by atoms with van der Waals surface area (Å²) in [6, 6.07) is 15.5. The maximum atomic E-state index is 14.1. The Hall–Kier alpha value is -4.66. The summed E-state index contributed by atoms with van der Waals surface area (Å²) in [6.07, 6.45) is 0. The van der Waals surface area contributed by atoms with Crippen molar-refractivity contribution < 1.29 is 33.4 Å². The van der Waals surface area contributed by atoms with Gasteiger partial charge < -0.3 is 19.9 Å². The highest BCUT2D eigenvalue weighted by Crippen LogP contribution is 2.44. The highest BCUT2D eigenvalue weighted by atomic mass is 19.1. The summed E-state index contributed by atoms with van der Waals surface area (Å²) in [5, 5.41) is 13.9. The second-order valence-electron chi connectivity index (χ2n) is 8.02. The van der Waals surface area contributed by atoms with Gasteiger partial charge in [0.1, 0.15) is 23.1 Å². The van der Waals surface area contributed by atoms with Gasteiger partial charge in [0, 0.05) is 18.3 Å². The van der Waals surface area contributed by atoms with E-state index in [4.69, 9.17) is 9.47 Å². The number of carbonyl (C=O) groups excluding carboxylic acids is 3. The molecule has 3 aromatic rings. The molecule has 2 N–H and O–H groups in total. The van der Waals surface area contributed by atoms with Crippen molar-refractivity contribution in [2.75, 3.05) is 24.4 Å². The fraction of sp³-hybridized carbons (Fsp3) is 0.148. The molecule has 184 valence electrons. The van der Waals surface area contributed by atoms with E-state index in [-0.39, 0.29) is 22.8 Å². The van der Waals surface area contributed by atoms with Crippen molar-refractivity contribution in [3.8, 4) is 11.5 Å². The highest BCUT2D eigenvalue weighted by Gasteiger charge is 2.47. The average molecular weight is 490 g/mol. The van der Waals surface area contributed by atoms with E-state index in [1.54, 1.807) is 48.5 Å². The third-order valence-corrected chi connectivity index (χ3v) is 5.74. The zero-order chi connectivity index (χ0) is 26.0. The molecule has 2 amide bonds. The molecule has 0 saturated carbocycles. The van der Waals surface area contributed by atoms with Crippen LogP contribution in [0.25, 0.3) is 5.76 Å². The van der Waals surface area contributed by atoms with Crippen LogP contribution >= 0.6 is 0 Å². The van der Waals surface area contributed by atoms with Gasteiger partial charge in [-0.25, -0.2) is 4.39 Å². The molecule has 3 aromatic carbocycles. The minimum absolute atomic E-state index is 0.0685. The number of Topliss-reactive ketones (excluding diaryl/α,β-unsaturated/α-hetero) is 1. The van der Waals surface area contributed by atoms with Gasteiger partial charge in [0.25, 0.3) is 11.7 Å². The van der Waals surface area contributed by atoms with Crippen molar-refractivity contribution in [1.29, 1.82) is 0 Å². The normalized spacial score (nSPS) is 16.7. The molecule has 0 radical (unpaired) electrons. The van der Waals surface area contributed by atoms with Gasteiger partial charge in [-0.05, 0) is 54.1 Å². The number of nitrogens with zero attached hydrogens (tertiary/aromatic N) is 1. The molecular weight excluding hydrogens is 467 g/mol. The third-order valence-electron chi connectivity index (χ3n) is 5.74. The molecule has 0 spiro atoms. The molecule has 9 heteroatoms. The Kier molecular flexibility index (Phi) is 6.73. The molecule has 36 heavy (non-hydrogen) atoms. The van der Waals surface area contributed by atoms with Gasteiger partial charge in [-0.1, -0.05) is 18.2 Å². The minimum Gasteiger partial charge on any atom is -0.507 e. The zero-order valence-electron chi connectivity index (χ0n) is 19.7. The van der Waals surface area contributed by atoms with E-state index < -0.39 is 29.3 Å². The van der Waals surface area contributed by atoms with E-state index in [9.17, 15) is 23.9 Å². The van der Waals surface area contributed by atoms with Crippen LogP contribution in [0.4, 0.5) is 15.8 Å². The third kappa shape index (κ3) is 4.50. The number of aliphatic hydroxyl groups is 1. The molecule has 1 saturated heterocycles. The first kappa shape index (κ1) is 24.5. The lowest BCUT2D eigenvalue weighted by Crippen LogP contribution is -2.29. The lowest BCUT2D eigenvalue weighted by molar-refractivity contribution is -0.132. The maximum Gasteiger partial charge on any atom is 0.300 e. The Labute approximate surface area is 206 Å². The van der Waals surface area contributed by atoms with Crippen molar-refractivity contribution in [2.45, 2.75) is 13.0 Å². The first-order chi connectivity index (χ1) is 17.2. The monoisotopic (exact) mass is 490 g/mol. The summed E-state index contributed by atoms with van der Waals surface area (Å²) in [5.41, 5.74) is 0.925. The van der Waals surface area contributed by atoms with Crippen molar-refractivity contribution in [3.63, 3.8) is 0 Å². The van der Waals surface area contributed by atoms with Crippen LogP contribution in [0.15, 0.2) is 72.3 Å². The van der Waals surface area contributed by atoms with Crippen molar-refractivity contribution in [2.24, 2.45) is 0 Å². The summed E-state index contributed by atoms with van der Waals surface area (Å²) in [7, 11) is 2.85. The largest absolute Gasteiger partial charge is 0.507 e. The molecule has 1 aliphatic rings. The first-order valence-electron chi connectivity index (χ1n) is 10.9. The Morgan fingerprint density at radius 2 is 1.72 bits per heavy atom. The van der Waals surface area contributed by atoms with E-state index in [2.05, 4.69) is 5.32 Å². The van der Waals surface area contributed by atoms with Crippen LogP contribution in [0, 0.1) is 5.82 Å². The summed E-state index contributed by atoms with van der Waals surface area (Å²) >= 11 is 0. The van der Waals surface area contributed by atoms with Gasteiger partial charge in [-0.3, -0.25) is 19.3 Å². The number of rotatable bonds is 6. The fourth-order valence-electron chi connectivity index (χ4n) is 4.15. The van der Waals surface area contributed by atoms with Crippen LogP contribution in [-0.4, -0.2) is 36.9 Å². The fourth-order valence-corrected chi connectivity index (χ4v) is 4.15. The van der Waals surface area contributed by atoms with E-state index in [0.29, 0.717) is 22.7 Å². The predicted molar refractivity (Wildman–Crippen MR) is 131 cm³/mol. The number of hydrogen-bond acceptors (Lipinski definition) is 6. The van der Waals surface area contributed by atoms with Crippen molar-refractivity contribution >= 4 is 34.7 Å². The molecule has 1 heterocycles. The highest BCUT2D eigenvalue weighted by molar-refractivity contribution is 6.51. The zero-order valence-corrected chi connectivity index (χ0v) is 19.7. The Morgan fingerprint density at radius 1 is 1.00 bits per heavy atom. The van der Waals surface area contributed by atoms with Gasteiger partial charge in [0.2, 0.25) is 5.91 Å². The van der Waals surface area contributed by atoms with Crippen LogP contribution in [-0.2, 0) is 14.4 Å². The number of ketones is 1. The minimum atomic E-state index is -1.06. The van der Waals surface area contributed by atoms with Crippen LogP contribution in [0.1, 0.15) is 24.1 Å². The molecule has 0 bridgehead atoms. The maximum absolute atomic E-state index is 14.1. The molecule has 1 aliphatic heterocycles. The molecule has 1 unspecified atom stereocenters. The van der Waals surface area contributed by atoms with Crippen LogP contribution in [0.5, 0.6) is 11.5 Å². The lowest BCUT2D eigenvalue weighted by atomic mass is 9.94. The SMILES string of the molecule is COc1ccc(C2/C(=C(\O)c3cc(F)ccc3OC)C(=O)C(=O)N2c2cccc(NC(C)=O)c2)cc1. The smallest absolute Gasteiger partial charge is 0.300 e. The second kappa shape index (κ2) is 9.91. The number of benzene rings is 3. The van der Waals surface area contributed by atoms with E-state index in [1.807, 2.05) is 0 Å². The summed E-state index contributed by atoms with van der Waals surface area (Å²) in [5.74, 6) is -2.71. The van der Waals surface area contributed by atoms with Gasteiger partial charge in [-0.15, -0.1) is 0 Å². The molecule has 4 rings (SSSR count). The van der Waals surface area contributed by atoms with Gasteiger partial charge in [0.15, 0.2) is 0 Å². The number of carbonyl (C=O) groups is 3. The van der Waals surface area contributed by atoms with E-state index in [0.717, 1.165) is 12.1 Å². The Bertz CT molecular complexity index is 1380. The Morgan fingerprint density at radius 3 is 2.36 bits per heavy atom. The summed E-state index contributed by atoms with van der Waals surface area (Å²) < 4.78 is 24.6. The molecular formula is C27H23FN2O6. The van der Waals surface area contributed by atoms with E-state index in [1.165, 1.54) is 32.1 Å². The Balaban J connectivity index is 1.95. The number of aliphatic hydroxyl groups excluding tert-OH is 1. The molecule has 8 nitrogen and oxygen atoms in total. The number of anilines is 2. The van der Waals surface area contributed by atoms with Crippen LogP contribution < -0.4 is 19.7 Å². The molecule has 0 aliphatic carbocycles. The first-order valence-corrected chi connectivity index (χ1v) is 10.9. The summed E-state index contributed by atoms with van der Waals surface area (Å²) in [4.78, 5) is 39.4. The van der Waals surface area contributed by atoms with Crippen LogP contribution in [0.3, 0.4) is 0 Å². The standard InChI is InChI=1S/C27H23FN2O6/c1-15(31)29-18-5-4-6-19(14-18)30-24(16-7-10-20(35-2)11-8-16)23(26(33)27(30)34)25(32)21-13-17(28)9-12-22(21)36-3/h4-14,24,32H,1-3H3,(H,29,31)/b25-23+. The quantitative estimate of drug-likeness (QED) is 0.301. The number of hydrogen-bond donors (Lipinski definition) is 2. The van der Waals surface area contributed by atoms with E-state index >= 15 is 0 Å². The predicted octanol–water partition coefficient (Wildman–Crippen LogP) is 4.43. The average Bonchev–Trinajstić information content (AvgIpc) is 3.13. The number of amides is 2. The van der Waals surface area contributed by atoms with Crippen molar-refractivity contribution in [1.82, 2.24) is 0 Å². The van der Waals surface area contributed by atoms with Gasteiger partial charge >= 0.3 is 0 Å². The number of ether oxygens (including phenoxy) is 2. The second-order valence-corrected chi connectivity index (χ2v) is 8.02. The van der Waals surface area contributed by atoms with Gasteiger partial charge in [-0.2, -0.15) is 0 Å². The molecule has 1 fully saturated rings. The molecule has 0 aromatic heterocycles. The molecule has 1 atom stereocenters. The number of halogens is 1. The lowest BCUT2D eigenvalue weighted by Gasteiger charge is -2.26.